The van der Waals surface area contributed by atoms with E-state index in [2.05, 4.69) is 4.98 Å². The van der Waals surface area contributed by atoms with E-state index in [0.717, 1.165) is 37.9 Å². The van der Waals surface area contributed by atoms with E-state index in [1.54, 1.807) is 19.1 Å². The Morgan fingerprint density at radius 3 is 2.67 bits per heavy atom. The Morgan fingerprint density at radius 2 is 1.96 bits per heavy atom. The molecule has 3 rings (SSSR count). The van der Waals surface area contributed by atoms with Crippen molar-refractivity contribution in [3.05, 3.63) is 51.4 Å². The molecule has 0 radical (unpaired) electrons. The summed E-state index contributed by atoms with van der Waals surface area (Å²) in [6.45, 7) is 3.30. The molecule has 0 spiro atoms. The molecular weight excluding hydrogens is 326 g/mol. The van der Waals surface area contributed by atoms with Crippen LogP contribution in [0.5, 0.6) is 0 Å². The van der Waals surface area contributed by atoms with Gasteiger partial charge in [-0.05, 0) is 38.3 Å². The van der Waals surface area contributed by atoms with Crippen molar-refractivity contribution in [2.75, 3.05) is 13.1 Å². The molecule has 2 heterocycles. The fourth-order valence-corrected chi connectivity index (χ4v) is 3.19. The summed E-state index contributed by atoms with van der Waals surface area (Å²) in [6, 6.07) is 8.63. The monoisotopic (exact) mass is 345 g/mol. The molecule has 1 aliphatic heterocycles. The fourth-order valence-electron chi connectivity index (χ4n) is 3.00. The number of carbonyl (C=O) groups is 1. The molecule has 0 N–H and O–H groups in total. The molecule has 1 aromatic carbocycles. The number of aromatic nitrogens is 2. The van der Waals surface area contributed by atoms with E-state index in [-0.39, 0.29) is 18.0 Å². The molecule has 0 aliphatic carbocycles. The zero-order valence-electron chi connectivity index (χ0n) is 13.7. The normalized spacial score (nSPS) is 14.7. The highest BCUT2D eigenvalue weighted by Crippen LogP contribution is 2.21. The van der Waals surface area contributed by atoms with Crippen molar-refractivity contribution in [3.63, 3.8) is 0 Å². The average Bonchev–Trinajstić information content (AvgIpc) is 2.57. The number of benzene rings is 1. The molecular formula is C18H20ClN3O2. The van der Waals surface area contributed by atoms with E-state index in [4.69, 9.17) is 11.6 Å². The number of hydrogen-bond acceptors (Lipinski definition) is 3. The predicted molar refractivity (Wildman–Crippen MR) is 94.1 cm³/mol. The maximum atomic E-state index is 12.6. The summed E-state index contributed by atoms with van der Waals surface area (Å²) in [5.74, 6) is 0.443. The first-order valence-electron chi connectivity index (χ1n) is 8.17. The number of amides is 1. The molecule has 1 aliphatic rings. The van der Waals surface area contributed by atoms with Gasteiger partial charge < -0.3 is 4.90 Å². The molecule has 6 heteroatoms. The minimum Gasteiger partial charge on any atom is -0.341 e. The van der Waals surface area contributed by atoms with Crippen LogP contribution in [-0.2, 0) is 11.3 Å². The molecule has 1 saturated heterocycles. The molecule has 2 aromatic rings. The lowest BCUT2D eigenvalue weighted by Crippen LogP contribution is -2.40. The summed E-state index contributed by atoms with van der Waals surface area (Å²) < 4.78 is 1.44. The van der Waals surface area contributed by atoms with Crippen molar-refractivity contribution >= 4 is 17.5 Å². The number of halogens is 1. The first-order chi connectivity index (χ1) is 11.5. The van der Waals surface area contributed by atoms with Crippen LogP contribution in [0.2, 0.25) is 5.02 Å². The average molecular weight is 346 g/mol. The van der Waals surface area contributed by atoms with Gasteiger partial charge in [-0.2, -0.15) is 0 Å². The molecule has 1 amide bonds. The summed E-state index contributed by atoms with van der Waals surface area (Å²) in [5, 5.41) is 0.567. The second-order valence-electron chi connectivity index (χ2n) is 6.10. The molecule has 0 bridgehead atoms. The highest BCUT2D eigenvalue weighted by atomic mass is 35.5. The number of nitrogens with zero attached hydrogens (tertiary/aromatic N) is 3. The molecule has 1 aromatic heterocycles. The summed E-state index contributed by atoms with van der Waals surface area (Å²) >= 11 is 6.06. The van der Waals surface area contributed by atoms with Gasteiger partial charge in [-0.1, -0.05) is 23.7 Å². The Labute approximate surface area is 145 Å². The van der Waals surface area contributed by atoms with Crippen molar-refractivity contribution in [2.24, 2.45) is 0 Å². The second-order valence-corrected chi connectivity index (χ2v) is 6.53. The second kappa shape index (κ2) is 7.18. The lowest BCUT2D eigenvalue weighted by molar-refractivity contribution is -0.132. The Morgan fingerprint density at radius 1 is 1.21 bits per heavy atom. The molecule has 126 valence electrons. The molecule has 0 saturated carbocycles. The summed E-state index contributed by atoms with van der Waals surface area (Å²) in [4.78, 5) is 31.3. The van der Waals surface area contributed by atoms with Crippen LogP contribution < -0.4 is 5.56 Å². The van der Waals surface area contributed by atoms with E-state index in [1.165, 1.54) is 10.6 Å². The summed E-state index contributed by atoms with van der Waals surface area (Å²) in [5.41, 5.74) is 1.13. The van der Waals surface area contributed by atoms with Gasteiger partial charge in [-0.15, -0.1) is 0 Å². The van der Waals surface area contributed by atoms with Gasteiger partial charge in [0.1, 0.15) is 12.4 Å². The summed E-state index contributed by atoms with van der Waals surface area (Å²) in [6.07, 6.45) is 3.20. The van der Waals surface area contributed by atoms with Crippen LogP contribution >= 0.6 is 11.6 Å². The Balaban J connectivity index is 1.97. The van der Waals surface area contributed by atoms with Crippen molar-refractivity contribution < 1.29 is 4.79 Å². The third-order valence-corrected chi connectivity index (χ3v) is 4.46. The highest BCUT2D eigenvalue weighted by Gasteiger charge is 2.19. The number of likely N-dealkylation sites (tertiary alicyclic amines) is 1. The van der Waals surface area contributed by atoms with Gasteiger partial charge in [-0.25, -0.2) is 4.98 Å². The van der Waals surface area contributed by atoms with Crippen LogP contribution in [0.4, 0.5) is 0 Å². The highest BCUT2D eigenvalue weighted by molar-refractivity contribution is 6.30. The zero-order valence-corrected chi connectivity index (χ0v) is 14.4. The van der Waals surface area contributed by atoms with Crippen LogP contribution in [-0.4, -0.2) is 33.4 Å². The third-order valence-electron chi connectivity index (χ3n) is 4.22. The van der Waals surface area contributed by atoms with Crippen molar-refractivity contribution in [1.29, 1.82) is 0 Å². The van der Waals surface area contributed by atoms with Crippen LogP contribution in [0.15, 0.2) is 35.1 Å². The van der Waals surface area contributed by atoms with E-state index in [0.29, 0.717) is 16.5 Å². The largest absolute Gasteiger partial charge is 0.341 e. The SMILES string of the molecule is Cc1cc(=O)n(CC(=O)N2CCCCC2)c(-c2cccc(Cl)c2)n1. The number of piperidine rings is 1. The minimum absolute atomic E-state index is 0.00790. The molecule has 0 unspecified atom stereocenters. The third kappa shape index (κ3) is 3.67. The first kappa shape index (κ1) is 16.7. The number of hydrogen-bond donors (Lipinski definition) is 0. The Kier molecular flexibility index (Phi) is 5.00. The number of rotatable bonds is 3. The van der Waals surface area contributed by atoms with Crippen LogP contribution in [0.25, 0.3) is 11.4 Å². The van der Waals surface area contributed by atoms with Gasteiger partial charge in [0, 0.05) is 35.4 Å². The van der Waals surface area contributed by atoms with Gasteiger partial charge >= 0.3 is 0 Å². The zero-order chi connectivity index (χ0) is 17.1. The minimum atomic E-state index is -0.220. The van der Waals surface area contributed by atoms with Crippen LogP contribution in [0.3, 0.4) is 0 Å². The van der Waals surface area contributed by atoms with E-state index >= 15 is 0 Å². The van der Waals surface area contributed by atoms with E-state index < -0.39 is 0 Å². The lowest BCUT2D eigenvalue weighted by atomic mass is 10.1. The molecule has 24 heavy (non-hydrogen) atoms. The molecule has 1 fully saturated rings. The van der Waals surface area contributed by atoms with Gasteiger partial charge in [0.15, 0.2) is 0 Å². The maximum Gasteiger partial charge on any atom is 0.254 e. The van der Waals surface area contributed by atoms with Crippen LogP contribution in [0, 0.1) is 6.92 Å². The fraction of sp³-hybridized carbons (Fsp3) is 0.389. The van der Waals surface area contributed by atoms with Gasteiger partial charge in [0.05, 0.1) is 0 Å². The summed E-state index contributed by atoms with van der Waals surface area (Å²) in [7, 11) is 0. The van der Waals surface area contributed by atoms with Crippen molar-refractivity contribution in [1.82, 2.24) is 14.5 Å². The predicted octanol–water partition coefficient (Wildman–Crippen LogP) is 2.88. The van der Waals surface area contributed by atoms with Crippen LogP contribution in [0.1, 0.15) is 25.0 Å². The quantitative estimate of drug-likeness (QED) is 0.859. The van der Waals surface area contributed by atoms with Gasteiger partial charge in [0.2, 0.25) is 5.91 Å². The molecule has 5 nitrogen and oxygen atoms in total. The maximum absolute atomic E-state index is 12.6. The first-order valence-corrected chi connectivity index (χ1v) is 8.54. The van der Waals surface area contributed by atoms with Gasteiger partial charge in [-0.3, -0.25) is 14.2 Å². The van der Waals surface area contributed by atoms with E-state index in [9.17, 15) is 9.59 Å². The van der Waals surface area contributed by atoms with Crippen molar-refractivity contribution in [2.45, 2.75) is 32.7 Å². The standard InChI is InChI=1S/C18H20ClN3O2/c1-13-10-16(23)22(12-17(24)21-8-3-2-4-9-21)18(20-13)14-6-5-7-15(19)11-14/h5-7,10-11H,2-4,8-9,12H2,1H3. The number of carbonyl (C=O) groups excluding carboxylic acids is 1. The van der Waals surface area contributed by atoms with E-state index in [1.807, 2.05) is 17.0 Å². The Hall–Kier alpha value is -2.14. The lowest BCUT2D eigenvalue weighted by Gasteiger charge is -2.27. The van der Waals surface area contributed by atoms with Gasteiger partial charge in [0.25, 0.3) is 5.56 Å². The topological polar surface area (TPSA) is 55.2 Å². The Bertz CT molecular complexity index is 810. The number of aryl methyl sites for hydroxylation is 1. The molecule has 0 atom stereocenters. The smallest absolute Gasteiger partial charge is 0.254 e. The van der Waals surface area contributed by atoms with Crippen molar-refractivity contribution in [3.8, 4) is 11.4 Å².